The van der Waals surface area contributed by atoms with Crippen molar-refractivity contribution in [2.45, 2.75) is 32.7 Å². The molecule has 0 fully saturated rings. The largest absolute Gasteiger partial charge is 0.466 e. The Bertz CT molecular complexity index is 857. The Labute approximate surface area is 160 Å². The topological polar surface area (TPSA) is 54.1 Å². The number of hydrogen-bond acceptors (Lipinski definition) is 3. The van der Waals surface area contributed by atoms with Crippen molar-refractivity contribution in [1.29, 1.82) is 0 Å². The maximum absolute atomic E-state index is 12.4. The van der Waals surface area contributed by atoms with Crippen LogP contribution in [0.2, 0.25) is 0 Å². The molecule has 1 heterocycles. The normalized spacial score (nSPS) is 13.4. The van der Waals surface area contributed by atoms with Crippen LogP contribution >= 0.6 is 0 Å². The minimum absolute atomic E-state index is 0.120. The molecule has 27 heavy (non-hydrogen) atoms. The second-order valence-electron chi connectivity index (χ2n) is 6.89. The molecule has 3 rings (SSSR count). The minimum Gasteiger partial charge on any atom is -0.466 e. The molecule has 0 bridgehead atoms. The Hall–Kier alpha value is -2.59. The number of para-hydroxylation sites is 1. The summed E-state index contributed by atoms with van der Waals surface area (Å²) in [4.78, 5) is 15.8. The molecule has 0 saturated heterocycles. The van der Waals surface area contributed by atoms with Gasteiger partial charge >= 0.3 is 5.97 Å². The third-order valence-corrected chi connectivity index (χ3v) is 5.03. The van der Waals surface area contributed by atoms with Crippen LogP contribution in [0.5, 0.6) is 0 Å². The van der Waals surface area contributed by atoms with Crippen molar-refractivity contribution in [3.63, 3.8) is 0 Å². The lowest BCUT2D eigenvalue weighted by Crippen LogP contribution is -2.32. The number of rotatable bonds is 9. The lowest BCUT2D eigenvalue weighted by molar-refractivity contribution is -0.148. The zero-order valence-corrected chi connectivity index (χ0v) is 16.1. The first-order valence-corrected chi connectivity index (χ1v) is 9.69. The highest BCUT2D eigenvalue weighted by Gasteiger charge is 2.21. The summed E-state index contributed by atoms with van der Waals surface area (Å²) in [6.07, 6.45) is 3.65. The summed E-state index contributed by atoms with van der Waals surface area (Å²) in [7, 11) is 0. The number of carbonyl (C=O) groups is 1. The Morgan fingerprint density at radius 2 is 1.85 bits per heavy atom. The number of aromatic amines is 1. The quantitative estimate of drug-likeness (QED) is 0.544. The van der Waals surface area contributed by atoms with Gasteiger partial charge in [0, 0.05) is 29.7 Å². The van der Waals surface area contributed by atoms with E-state index in [1.807, 2.05) is 43.5 Å². The van der Waals surface area contributed by atoms with Crippen LogP contribution in [-0.4, -0.2) is 24.1 Å². The number of fused-ring (bicyclic) bond motifs is 1. The van der Waals surface area contributed by atoms with Crippen molar-refractivity contribution in [2.75, 3.05) is 13.2 Å². The fraction of sp³-hybridized carbons (Fsp3) is 0.348. The number of esters is 1. The average molecular weight is 364 g/mol. The lowest BCUT2D eigenvalue weighted by atomic mass is 9.98. The molecule has 0 amide bonds. The van der Waals surface area contributed by atoms with Crippen LogP contribution in [0.3, 0.4) is 0 Å². The smallest absolute Gasteiger partial charge is 0.310 e. The number of ether oxygens (including phenoxy) is 1. The van der Waals surface area contributed by atoms with Gasteiger partial charge in [-0.2, -0.15) is 0 Å². The van der Waals surface area contributed by atoms with Crippen LogP contribution < -0.4 is 5.32 Å². The second kappa shape index (κ2) is 9.38. The molecule has 4 heteroatoms. The lowest BCUT2D eigenvalue weighted by Gasteiger charge is -2.20. The summed E-state index contributed by atoms with van der Waals surface area (Å²) in [5.41, 5.74) is 3.60. The van der Waals surface area contributed by atoms with Gasteiger partial charge in [-0.25, -0.2) is 0 Å². The van der Waals surface area contributed by atoms with E-state index >= 15 is 0 Å². The van der Waals surface area contributed by atoms with Crippen molar-refractivity contribution >= 4 is 16.9 Å². The van der Waals surface area contributed by atoms with Crippen molar-refractivity contribution in [3.8, 4) is 0 Å². The molecule has 0 unspecified atom stereocenters. The molecule has 1 aromatic heterocycles. The van der Waals surface area contributed by atoms with E-state index in [0.29, 0.717) is 13.2 Å². The molecule has 4 nitrogen and oxygen atoms in total. The summed E-state index contributed by atoms with van der Waals surface area (Å²) in [5.74, 6) is -0.283. The molecule has 2 aromatic carbocycles. The predicted molar refractivity (Wildman–Crippen MR) is 110 cm³/mol. The van der Waals surface area contributed by atoms with Crippen LogP contribution in [0, 0.1) is 5.92 Å². The summed E-state index contributed by atoms with van der Waals surface area (Å²) < 4.78 is 5.31. The number of aromatic nitrogens is 1. The first-order chi connectivity index (χ1) is 13.2. The maximum atomic E-state index is 12.4. The van der Waals surface area contributed by atoms with Crippen LogP contribution in [0.4, 0.5) is 0 Å². The Morgan fingerprint density at radius 3 is 2.63 bits per heavy atom. The first-order valence-electron chi connectivity index (χ1n) is 9.69. The van der Waals surface area contributed by atoms with Crippen molar-refractivity contribution in [1.82, 2.24) is 10.3 Å². The van der Waals surface area contributed by atoms with Gasteiger partial charge in [-0.1, -0.05) is 48.5 Å². The fourth-order valence-electron chi connectivity index (χ4n) is 3.41. The zero-order chi connectivity index (χ0) is 19.1. The van der Waals surface area contributed by atoms with E-state index in [0.717, 1.165) is 18.4 Å². The van der Waals surface area contributed by atoms with Crippen molar-refractivity contribution in [2.24, 2.45) is 5.92 Å². The SMILES string of the molecule is CCOC(=O)[C@H](CCc1c[nH]c2ccccc12)CN[C@H](C)c1ccccc1. The highest BCUT2D eigenvalue weighted by Crippen LogP contribution is 2.21. The Kier molecular flexibility index (Phi) is 6.66. The number of benzene rings is 2. The van der Waals surface area contributed by atoms with Gasteiger partial charge < -0.3 is 15.0 Å². The summed E-state index contributed by atoms with van der Waals surface area (Å²) in [6.45, 7) is 5.00. The van der Waals surface area contributed by atoms with Gasteiger partial charge in [0.2, 0.25) is 0 Å². The van der Waals surface area contributed by atoms with Crippen LogP contribution in [0.1, 0.15) is 37.4 Å². The monoisotopic (exact) mass is 364 g/mol. The van der Waals surface area contributed by atoms with Gasteiger partial charge in [0.1, 0.15) is 0 Å². The molecule has 2 N–H and O–H groups in total. The Balaban J connectivity index is 1.63. The number of hydrogen-bond donors (Lipinski definition) is 2. The molecule has 142 valence electrons. The number of H-pyrrole nitrogens is 1. The van der Waals surface area contributed by atoms with Crippen molar-refractivity contribution in [3.05, 3.63) is 71.9 Å². The van der Waals surface area contributed by atoms with Gasteiger partial charge in [0.25, 0.3) is 0 Å². The van der Waals surface area contributed by atoms with Crippen molar-refractivity contribution < 1.29 is 9.53 Å². The molecule has 0 aliphatic carbocycles. The maximum Gasteiger partial charge on any atom is 0.310 e. The van der Waals surface area contributed by atoms with E-state index in [1.165, 1.54) is 16.5 Å². The molecule has 0 spiro atoms. The fourth-order valence-corrected chi connectivity index (χ4v) is 3.41. The van der Waals surface area contributed by atoms with Gasteiger partial charge in [-0.15, -0.1) is 0 Å². The number of carbonyl (C=O) groups excluding carboxylic acids is 1. The first kappa shape index (κ1) is 19.2. The molecule has 2 atom stereocenters. The number of aryl methyl sites for hydroxylation is 1. The molecule has 0 radical (unpaired) electrons. The number of nitrogens with one attached hydrogen (secondary N) is 2. The summed E-state index contributed by atoms with van der Waals surface area (Å²) in [5, 5.41) is 4.72. The molecule has 3 aromatic rings. The third kappa shape index (κ3) is 4.98. The third-order valence-electron chi connectivity index (χ3n) is 5.03. The van der Waals surface area contributed by atoms with E-state index < -0.39 is 0 Å². The second-order valence-corrected chi connectivity index (χ2v) is 6.89. The van der Waals surface area contributed by atoms with Gasteiger partial charge in [-0.05, 0) is 43.9 Å². The summed E-state index contributed by atoms with van der Waals surface area (Å²) >= 11 is 0. The minimum atomic E-state index is -0.162. The molecular formula is C23H28N2O2. The Morgan fingerprint density at radius 1 is 1.11 bits per heavy atom. The predicted octanol–water partition coefficient (Wildman–Crippen LogP) is 4.63. The standard InChI is InChI=1S/C23H28N2O2/c1-3-27-23(26)20(16-24-17(2)18-9-5-4-6-10-18)14-13-19-15-25-22-12-8-7-11-21(19)22/h4-12,15,17,20,24-25H,3,13-14,16H2,1-2H3/t17-,20-/m1/s1. The average Bonchev–Trinajstić information content (AvgIpc) is 3.12. The zero-order valence-electron chi connectivity index (χ0n) is 16.1. The van der Waals surface area contributed by atoms with Gasteiger partial charge in [-0.3, -0.25) is 4.79 Å². The van der Waals surface area contributed by atoms with Crippen LogP contribution in [0.25, 0.3) is 10.9 Å². The highest BCUT2D eigenvalue weighted by atomic mass is 16.5. The van der Waals surface area contributed by atoms with E-state index in [1.54, 1.807) is 0 Å². The van der Waals surface area contributed by atoms with E-state index in [2.05, 4.69) is 41.5 Å². The van der Waals surface area contributed by atoms with Crippen LogP contribution in [-0.2, 0) is 16.0 Å². The van der Waals surface area contributed by atoms with E-state index in [4.69, 9.17) is 4.74 Å². The highest BCUT2D eigenvalue weighted by molar-refractivity contribution is 5.83. The molecular weight excluding hydrogens is 336 g/mol. The summed E-state index contributed by atoms with van der Waals surface area (Å²) in [6, 6.07) is 18.7. The van der Waals surface area contributed by atoms with Gasteiger partial charge in [0.15, 0.2) is 0 Å². The molecule has 0 aliphatic rings. The van der Waals surface area contributed by atoms with E-state index in [-0.39, 0.29) is 17.9 Å². The van der Waals surface area contributed by atoms with E-state index in [9.17, 15) is 4.79 Å². The van der Waals surface area contributed by atoms with Crippen LogP contribution in [0.15, 0.2) is 60.8 Å². The molecule has 0 aliphatic heterocycles. The molecule has 0 saturated carbocycles. The van der Waals surface area contributed by atoms with Gasteiger partial charge in [0.05, 0.1) is 12.5 Å².